The maximum atomic E-state index is 12.4. The van der Waals surface area contributed by atoms with Crippen LogP contribution in [-0.2, 0) is 16.0 Å². The molecule has 0 spiro atoms. The fourth-order valence-electron chi connectivity index (χ4n) is 2.69. The van der Waals surface area contributed by atoms with Crippen LogP contribution in [0, 0.1) is 13.8 Å². The van der Waals surface area contributed by atoms with Crippen LogP contribution in [0.4, 0.5) is 5.69 Å². The van der Waals surface area contributed by atoms with Gasteiger partial charge in [0.25, 0.3) is 0 Å². The second kappa shape index (κ2) is 9.07. The number of hydrogen-bond acceptors (Lipinski definition) is 5. The molecule has 144 valence electrons. The van der Waals surface area contributed by atoms with Crippen LogP contribution in [0.15, 0.2) is 30.3 Å². The van der Waals surface area contributed by atoms with E-state index in [0.29, 0.717) is 23.6 Å². The summed E-state index contributed by atoms with van der Waals surface area (Å²) in [5.41, 5.74) is 4.03. The van der Waals surface area contributed by atoms with E-state index in [1.807, 2.05) is 19.1 Å². The number of carbonyl (C=O) groups excluding carboxylic acids is 2. The van der Waals surface area contributed by atoms with Crippen molar-refractivity contribution in [3.8, 4) is 11.5 Å². The molecule has 0 aliphatic carbocycles. The van der Waals surface area contributed by atoms with Gasteiger partial charge in [0.1, 0.15) is 0 Å². The molecule has 0 aliphatic heterocycles. The van der Waals surface area contributed by atoms with E-state index in [4.69, 9.17) is 14.2 Å². The van der Waals surface area contributed by atoms with Crippen molar-refractivity contribution in [2.45, 2.75) is 26.7 Å². The number of methoxy groups -OCH3 is 3. The Balaban J connectivity index is 2.17. The Kier molecular flexibility index (Phi) is 6.82. The standard InChI is InChI=1S/C21H25NO5/c1-13-6-7-15(10-14(13)2)8-9-20(23)22-17-12-19(26-4)18(25-3)11-16(17)21(24)27-5/h6-7,10-12H,8-9H2,1-5H3,(H,22,23). The predicted octanol–water partition coefficient (Wildman–Crippen LogP) is 3.68. The molecule has 27 heavy (non-hydrogen) atoms. The zero-order valence-electron chi connectivity index (χ0n) is 16.3. The van der Waals surface area contributed by atoms with E-state index in [1.165, 1.54) is 38.5 Å². The number of esters is 1. The van der Waals surface area contributed by atoms with Gasteiger partial charge in [-0.2, -0.15) is 0 Å². The molecular weight excluding hydrogens is 346 g/mol. The Morgan fingerprint density at radius 2 is 1.59 bits per heavy atom. The average Bonchev–Trinajstić information content (AvgIpc) is 2.67. The van der Waals surface area contributed by atoms with Gasteiger partial charge in [0, 0.05) is 18.6 Å². The summed E-state index contributed by atoms with van der Waals surface area (Å²) in [6, 6.07) is 9.19. The molecule has 0 saturated carbocycles. The molecule has 1 N–H and O–H groups in total. The van der Waals surface area contributed by atoms with Crippen LogP contribution in [0.3, 0.4) is 0 Å². The monoisotopic (exact) mass is 371 g/mol. The Bertz CT molecular complexity index is 845. The summed E-state index contributed by atoms with van der Waals surface area (Å²) in [5, 5.41) is 2.77. The minimum Gasteiger partial charge on any atom is -0.493 e. The third kappa shape index (κ3) is 5.00. The minimum atomic E-state index is -0.569. The molecule has 2 aromatic carbocycles. The fourth-order valence-corrected chi connectivity index (χ4v) is 2.69. The van der Waals surface area contributed by atoms with Crippen molar-refractivity contribution in [3.05, 3.63) is 52.6 Å². The first-order valence-corrected chi connectivity index (χ1v) is 8.60. The number of amides is 1. The lowest BCUT2D eigenvalue weighted by molar-refractivity contribution is -0.116. The molecule has 0 heterocycles. The van der Waals surface area contributed by atoms with Crippen molar-refractivity contribution in [1.82, 2.24) is 0 Å². The third-order valence-corrected chi connectivity index (χ3v) is 4.42. The highest BCUT2D eigenvalue weighted by molar-refractivity contribution is 6.02. The van der Waals surface area contributed by atoms with Crippen molar-refractivity contribution in [1.29, 1.82) is 0 Å². The lowest BCUT2D eigenvalue weighted by Gasteiger charge is -2.14. The highest BCUT2D eigenvalue weighted by Gasteiger charge is 2.19. The van der Waals surface area contributed by atoms with Crippen LogP contribution in [-0.4, -0.2) is 33.2 Å². The molecule has 0 unspecified atom stereocenters. The number of rotatable bonds is 7. The Labute approximate surface area is 159 Å². The van der Waals surface area contributed by atoms with Crippen LogP contribution < -0.4 is 14.8 Å². The Morgan fingerprint density at radius 3 is 2.19 bits per heavy atom. The second-order valence-corrected chi connectivity index (χ2v) is 6.21. The SMILES string of the molecule is COC(=O)c1cc(OC)c(OC)cc1NC(=O)CCc1ccc(C)c(C)c1. The molecule has 1 amide bonds. The first kappa shape index (κ1) is 20.3. The smallest absolute Gasteiger partial charge is 0.340 e. The fraction of sp³-hybridized carbons (Fsp3) is 0.333. The molecule has 2 aromatic rings. The van der Waals surface area contributed by atoms with Crippen molar-refractivity contribution in [2.75, 3.05) is 26.6 Å². The molecule has 0 atom stereocenters. The van der Waals surface area contributed by atoms with Gasteiger partial charge >= 0.3 is 5.97 Å². The molecule has 0 fully saturated rings. The molecule has 2 rings (SSSR count). The minimum absolute atomic E-state index is 0.203. The van der Waals surface area contributed by atoms with Gasteiger partial charge in [0.15, 0.2) is 11.5 Å². The van der Waals surface area contributed by atoms with Crippen LogP contribution in [0.25, 0.3) is 0 Å². The van der Waals surface area contributed by atoms with E-state index in [2.05, 4.69) is 18.3 Å². The normalized spacial score (nSPS) is 10.3. The third-order valence-electron chi connectivity index (χ3n) is 4.42. The predicted molar refractivity (Wildman–Crippen MR) is 104 cm³/mol. The topological polar surface area (TPSA) is 73.9 Å². The Morgan fingerprint density at radius 1 is 0.926 bits per heavy atom. The van der Waals surface area contributed by atoms with Crippen LogP contribution in [0.5, 0.6) is 11.5 Å². The van der Waals surface area contributed by atoms with E-state index in [1.54, 1.807) is 6.07 Å². The van der Waals surface area contributed by atoms with E-state index in [-0.39, 0.29) is 17.9 Å². The van der Waals surface area contributed by atoms with E-state index in [0.717, 1.165) is 5.56 Å². The van der Waals surface area contributed by atoms with Crippen molar-refractivity contribution in [2.24, 2.45) is 0 Å². The summed E-state index contributed by atoms with van der Waals surface area (Å²) in [6.45, 7) is 4.10. The number of hydrogen-bond donors (Lipinski definition) is 1. The maximum absolute atomic E-state index is 12.4. The molecule has 6 heteroatoms. The summed E-state index contributed by atoms with van der Waals surface area (Å²) in [4.78, 5) is 24.5. The number of nitrogens with one attached hydrogen (secondary N) is 1. The quantitative estimate of drug-likeness (QED) is 0.752. The molecule has 0 radical (unpaired) electrons. The molecule has 0 saturated heterocycles. The lowest BCUT2D eigenvalue weighted by atomic mass is 10.0. The van der Waals surface area contributed by atoms with Crippen LogP contribution in [0.2, 0.25) is 0 Å². The van der Waals surface area contributed by atoms with Gasteiger partial charge in [0.2, 0.25) is 5.91 Å². The zero-order chi connectivity index (χ0) is 20.0. The summed E-state index contributed by atoms with van der Waals surface area (Å²) in [7, 11) is 4.24. The number of carbonyl (C=O) groups is 2. The van der Waals surface area contributed by atoms with Crippen molar-refractivity contribution >= 4 is 17.6 Å². The molecule has 0 bridgehead atoms. The first-order chi connectivity index (χ1) is 12.9. The number of ether oxygens (including phenoxy) is 3. The molecule has 6 nitrogen and oxygen atoms in total. The largest absolute Gasteiger partial charge is 0.493 e. The summed E-state index contributed by atoms with van der Waals surface area (Å²) < 4.78 is 15.3. The van der Waals surface area contributed by atoms with Gasteiger partial charge in [-0.3, -0.25) is 4.79 Å². The molecule has 0 aromatic heterocycles. The lowest BCUT2D eigenvalue weighted by Crippen LogP contribution is -2.16. The van der Waals surface area contributed by atoms with Crippen LogP contribution >= 0.6 is 0 Å². The number of aryl methyl sites for hydroxylation is 3. The van der Waals surface area contributed by atoms with Gasteiger partial charge in [-0.25, -0.2) is 4.79 Å². The van der Waals surface area contributed by atoms with Gasteiger partial charge in [-0.1, -0.05) is 18.2 Å². The van der Waals surface area contributed by atoms with Crippen molar-refractivity contribution in [3.63, 3.8) is 0 Å². The van der Waals surface area contributed by atoms with Crippen LogP contribution in [0.1, 0.15) is 33.5 Å². The highest BCUT2D eigenvalue weighted by atomic mass is 16.5. The van der Waals surface area contributed by atoms with Gasteiger partial charge in [-0.05, 0) is 37.0 Å². The van der Waals surface area contributed by atoms with E-state index < -0.39 is 5.97 Å². The number of benzene rings is 2. The van der Waals surface area contributed by atoms with E-state index >= 15 is 0 Å². The summed E-state index contributed by atoms with van der Waals surface area (Å²) >= 11 is 0. The summed E-state index contributed by atoms with van der Waals surface area (Å²) in [5.74, 6) is 0.0201. The average molecular weight is 371 g/mol. The highest BCUT2D eigenvalue weighted by Crippen LogP contribution is 2.33. The summed E-state index contributed by atoms with van der Waals surface area (Å²) in [6.07, 6.45) is 0.894. The zero-order valence-corrected chi connectivity index (χ0v) is 16.3. The first-order valence-electron chi connectivity index (χ1n) is 8.60. The van der Waals surface area contributed by atoms with Gasteiger partial charge < -0.3 is 19.5 Å². The van der Waals surface area contributed by atoms with E-state index in [9.17, 15) is 9.59 Å². The van der Waals surface area contributed by atoms with Gasteiger partial charge in [0.05, 0.1) is 32.6 Å². The van der Waals surface area contributed by atoms with Crippen molar-refractivity contribution < 1.29 is 23.8 Å². The second-order valence-electron chi connectivity index (χ2n) is 6.21. The Hall–Kier alpha value is -3.02. The number of anilines is 1. The van der Waals surface area contributed by atoms with Gasteiger partial charge in [-0.15, -0.1) is 0 Å². The molecule has 0 aliphatic rings. The maximum Gasteiger partial charge on any atom is 0.340 e. The molecular formula is C21H25NO5.